The average molecular weight is 363 g/mol. The zero-order valence-electron chi connectivity index (χ0n) is 15.0. The highest BCUT2D eigenvalue weighted by Gasteiger charge is 2.37. The van der Waals surface area contributed by atoms with E-state index in [1.165, 1.54) is 0 Å². The van der Waals surface area contributed by atoms with E-state index in [2.05, 4.69) is 20.4 Å². The monoisotopic (exact) mass is 363 g/mol. The Labute approximate surface area is 157 Å². The molecule has 3 aliphatic rings. The van der Waals surface area contributed by atoms with Crippen LogP contribution in [0.25, 0.3) is 0 Å². The van der Waals surface area contributed by atoms with Crippen molar-refractivity contribution in [2.75, 3.05) is 24.5 Å². The molecule has 2 aliphatic heterocycles. The Bertz CT molecular complexity index is 897. The van der Waals surface area contributed by atoms with Crippen LogP contribution in [0.1, 0.15) is 39.3 Å². The first kappa shape index (κ1) is 16.2. The van der Waals surface area contributed by atoms with E-state index in [4.69, 9.17) is 0 Å². The smallest absolute Gasteiger partial charge is 0.272 e. The van der Waals surface area contributed by atoms with E-state index in [0.717, 1.165) is 42.8 Å². The number of hydrogen-bond donors (Lipinski definition) is 1. The van der Waals surface area contributed by atoms with Gasteiger partial charge in [0.15, 0.2) is 11.5 Å². The number of hydrogen-bond acceptors (Lipinski definition) is 5. The van der Waals surface area contributed by atoms with Crippen LogP contribution >= 0.6 is 0 Å². The third kappa shape index (κ3) is 3.03. The van der Waals surface area contributed by atoms with Gasteiger partial charge in [-0.3, -0.25) is 9.59 Å². The second-order valence-corrected chi connectivity index (χ2v) is 7.49. The van der Waals surface area contributed by atoms with Crippen molar-refractivity contribution in [2.24, 2.45) is 0 Å². The summed E-state index contributed by atoms with van der Waals surface area (Å²) in [5.74, 6) is 0.787. The van der Waals surface area contributed by atoms with E-state index in [-0.39, 0.29) is 17.9 Å². The lowest BCUT2D eigenvalue weighted by Crippen LogP contribution is -2.53. The number of piperazine rings is 1. The summed E-state index contributed by atoms with van der Waals surface area (Å²) in [4.78, 5) is 29.1. The van der Waals surface area contributed by atoms with Crippen LogP contribution in [0, 0.1) is 0 Å². The highest BCUT2D eigenvalue weighted by atomic mass is 16.2. The first-order chi connectivity index (χ1) is 13.2. The van der Waals surface area contributed by atoms with Crippen molar-refractivity contribution in [1.29, 1.82) is 0 Å². The van der Waals surface area contributed by atoms with Gasteiger partial charge in [0.05, 0.1) is 6.04 Å². The fraction of sp³-hybridized carbons (Fsp3) is 0.400. The maximum atomic E-state index is 12.7. The van der Waals surface area contributed by atoms with E-state index < -0.39 is 0 Å². The number of carbonyl (C=O) groups is 2. The SMILES string of the molecule is O=C(NC1CC1)c1cc2c(nn1)N1CCN(C(=O)c3ccccc3)CC1C2. The molecule has 2 amide bonds. The maximum Gasteiger partial charge on any atom is 0.272 e. The van der Waals surface area contributed by atoms with Crippen molar-refractivity contribution < 1.29 is 9.59 Å². The summed E-state index contributed by atoms with van der Waals surface area (Å²) in [7, 11) is 0. The number of aromatic nitrogens is 2. The second kappa shape index (κ2) is 6.33. The van der Waals surface area contributed by atoms with Crippen LogP contribution in [0.3, 0.4) is 0 Å². The molecule has 138 valence electrons. The van der Waals surface area contributed by atoms with Gasteiger partial charge < -0.3 is 15.1 Å². The van der Waals surface area contributed by atoms with Gasteiger partial charge in [0, 0.05) is 36.8 Å². The van der Waals surface area contributed by atoms with Gasteiger partial charge in [0.2, 0.25) is 0 Å². The van der Waals surface area contributed by atoms with Gasteiger partial charge in [-0.1, -0.05) is 18.2 Å². The molecule has 1 unspecified atom stereocenters. The van der Waals surface area contributed by atoms with E-state index in [1.807, 2.05) is 41.3 Å². The average Bonchev–Trinajstić information content (AvgIpc) is 3.44. The normalized spacial score (nSPS) is 20.8. The first-order valence-corrected chi connectivity index (χ1v) is 9.47. The number of rotatable bonds is 3. The fourth-order valence-electron chi connectivity index (χ4n) is 3.92. The van der Waals surface area contributed by atoms with Crippen molar-refractivity contribution in [1.82, 2.24) is 20.4 Å². The van der Waals surface area contributed by atoms with Crippen molar-refractivity contribution in [2.45, 2.75) is 31.3 Å². The number of anilines is 1. The van der Waals surface area contributed by atoms with E-state index in [1.54, 1.807) is 0 Å². The van der Waals surface area contributed by atoms with E-state index >= 15 is 0 Å². The van der Waals surface area contributed by atoms with Crippen LogP contribution < -0.4 is 10.2 Å². The molecular weight excluding hydrogens is 342 g/mol. The second-order valence-electron chi connectivity index (χ2n) is 7.49. The third-order valence-corrected chi connectivity index (χ3v) is 5.51. The van der Waals surface area contributed by atoms with Gasteiger partial charge in [-0.2, -0.15) is 0 Å². The van der Waals surface area contributed by atoms with Crippen LogP contribution in [0.2, 0.25) is 0 Å². The third-order valence-electron chi connectivity index (χ3n) is 5.51. The summed E-state index contributed by atoms with van der Waals surface area (Å²) < 4.78 is 0. The van der Waals surface area contributed by atoms with Gasteiger partial charge in [-0.25, -0.2) is 0 Å². The van der Waals surface area contributed by atoms with Gasteiger partial charge in [0.25, 0.3) is 11.8 Å². The summed E-state index contributed by atoms with van der Waals surface area (Å²) in [5, 5.41) is 11.4. The number of amides is 2. The molecule has 1 saturated carbocycles. The Balaban J connectivity index is 1.31. The molecular formula is C20H21N5O2. The summed E-state index contributed by atoms with van der Waals surface area (Å²) in [5.41, 5.74) is 2.16. The van der Waals surface area contributed by atoms with E-state index in [9.17, 15) is 9.59 Å². The Morgan fingerprint density at radius 3 is 2.67 bits per heavy atom. The summed E-state index contributed by atoms with van der Waals surface area (Å²) >= 11 is 0. The molecule has 1 N–H and O–H groups in total. The Morgan fingerprint density at radius 2 is 1.89 bits per heavy atom. The van der Waals surface area contributed by atoms with E-state index in [0.29, 0.717) is 24.8 Å². The highest BCUT2D eigenvalue weighted by molar-refractivity contribution is 5.94. The fourth-order valence-corrected chi connectivity index (χ4v) is 3.92. The molecule has 27 heavy (non-hydrogen) atoms. The number of fused-ring (bicyclic) bond motifs is 3. The number of nitrogens with zero attached hydrogens (tertiary/aromatic N) is 4. The minimum absolute atomic E-state index is 0.0711. The predicted octanol–water partition coefficient (Wildman–Crippen LogP) is 1.26. The standard InChI is InChI=1S/C20H21N5O2/c26-19(21-15-6-7-15)17-11-14-10-16-12-24(8-9-25(16)18(14)23-22-17)20(27)13-4-2-1-3-5-13/h1-5,11,15-16H,6-10,12H2,(H,21,26). The Hall–Kier alpha value is -2.96. The molecule has 0 radical (unpaired) electrons. The number of benzene rings is 1. The Morgan fingerprint density at radius 1 is 1.07 bits per heavy atom. The number of carbonyl (C=O) groups excluding carboxylic acids is 2. The lowest BCUT2D eigenvalue weighted by molar-refractivity contribution is 0.0724. The first-order valence-electron chi connectivity index (χ1n) is 9.47. The molecule has 2 fully saturated rings. The molecule has 0 spiro atoms. The molecule has 1 aromatic heterocycles. The molecule has 3 heterocycles. The molecule has 1 saturated heterocycles. The highest BCUT2D eigenvalue weighted by Crippen LogP contribution is 2.32. The van der Waals surface area contributed by atoms with Gasteiger partial charge >= 0.3 is 0 Å². The summed E-state index contributed by atoms with van der Waals surface area (Å²) in [6, 6.07) is 11.8. The largest absolute Gasteiger partial charge is 0.348 e. The molecule has 2 aromatic rings. The number of nitrogens with one attached hydrogen (secondary N) is 1. The van der Waals surface area contributed by atoms with Crippen LogP contribution in [0.5, 0.6) is 0 Å². The van der Waals surface area contributed by atoms with Crippen LogP contribution in [0.15, 0.2) is 36.4 Å². The molecule has 1 atom stereocenters. The molecule has 0 bridgehead atoms. The van der Waals surface area contributed by atoms with Gasteiger partial charge in [0.1, 0.15) is 0 Å². The lowest BCUT2D eigenvalue weighted by atomic mass is 10.1. The minimum Gasteiger partial charge on any atom is -0.348 e. The molecule has 1 aromatic carbocycles. The zero-order valence-corrected chi connectivity index (χ0v) is 15.0. The van der Waals surface area contributed by atoms with Crippen molar-refractivity contribution in [3.05, 3.63) is 53.2 Å². The minimum atomic E-state index is -0.140. The zero-order chi connectivity index (χ0) is 18.4. The summed E-state index contributed by atoms with van der Waals surface area (Å²) in [6.45, 7) is 2.06. The quantitative estimate of drug-likeness (QED) is 0.888. The topological polar surface area (TPSA) is 78.4 Å². The summed E-state index contributed by atoms with van der Waals surface area (Å²) in [6.07, 6.45) is 2.88. The van der Waals surface area contributed by atoms with Crippen LogP contribution in [0.4, 0.5) is 5.82 Å². The maximum absolute atomic E-state index is 12.7. The van der Waals surface area contributed by atoms with Gasteiger partial charge in [-0.15, -0.1) is 10.2 Å². The lowest BCUT2D eigenvalue weighted by Gasteiger charge is -2.38. The molecule has 1 aliphatic carbocycles. The molecule has 5 rings (SSSR count). The van der Waals surface area contributed by atoms with Crippen molar-refractivity contribution in [3.8, 4) is 0 Å². The molecule has 7 heteroatoms. The van der Waals surface area contributed by atoms with Crippen LogP contribution in [-0.4, -0.2) is 58.6 Å². The van der Waals surface area contributed by atoms with Gasteiger partial charge in [-0.05, 0) is 37.5 Å². The molecule has 7 nitrogen and oxygen atoms in total. The Kier molecular flexibility index (Phi) is 3.81. The van der Waals surface area contributed by atoms with Crippen LogP contribution in [-0.2, 0) is 6.42 Å². The van der Waals surface area contributed by atoms with Crippen molar-refractivity contribution in [3.63, 3.8) is 0 Å². The van der Waals surface area contributed by atoms with Crippen molar-refractivity contribution >= 4 is 17.6 Å². The predicted molar refractivity (Wildman–Crippen MR) is 99.7 cm³/mol.